The van der Waals surface area contributed by atoms with Crippen molar-refractivity contribution in [2.75, 3.05) is 13.2 Å². The van der Waals surface area contributed by atoms with Crippen LogP contribution in [0, 0.1) is 39.4 Å². The molecule has 16 nitrogen and oxygen atoms in total. The molecule has 7 fully saturated rings. The molecule has 3 saturated carbocycles. The highest BCUT2D eigenvalue weighted by Crippen LogP contribution is 2.76. The third-order valence-corrected chi connectivity index (χ3v) is 17.0. The summed E-state index contributed by atoms with van der Waals surface area (Å²) in [7, 11) is 0. The van der Waals surface area contributed by atoms with E-state index in [9.17, 15) is 40.2 Å². The smallest absolute Gasteiger partial charge is 0.314 e. The Morgan fingerprint density at radius 1 is 0.812 bits per heavy atom. The summed E-state index contributed by atoms with van der Waals surface area (Å²) in [5.74, 6) is -0.693. The largest absolute Gasteiger partial charge is 0.462 e. The molecule has 16 heteroatoms. The monoisotopic (exact) mass is 904 g/mol. The van der Waals surface area contributed by atoms with Crippen LogP contribution in [0.2, 0.25) is 0 Å². The summed E-state index contributed by atoms with van der Waals surface area (Å²) in [5.41, 5.74) is -0.721. The Hall–Kier alpha value is -2.32. The number of aliphatic hydroxyl groups is 6. The van der Waals surface area contributed by atoms with Crippen LogP contribution >= 0.6 is 0 Å². The van der Waals surface area contributed by atoms with Gasteiger partial charge in [0.1, 0.15) is 54.4 Å². The van der Waals surface area contributed by atoms with E-state index in [2.05, 4.69) is 33.8 Å². The second kappa shape index (κ2) is 17.3. The molecule has 0 aromatic carbocycles. The Labute approximate surface area is 376 Å². The molecular weight excluding hydrogens is 833 g/mol. The number of fused-ring (bicyclic) bond motifs is 4. The molecule has 4 heterocycles. The lowest BCUT2D eigenvalue weighted by Crippen LogP contribution is -2.63. The fraction of sp³-hybridized carbons (Fsp3) is 0.833. The van der Waals surface area contributed by atoms with E-state index in [1.54, 1.807) is 6.92 Å². The van der Waals surface area contributed by atoms with Gasteiger partial charge in [0.05, 0.1) is 42.9 Å². The number of esters is 2. The Bertz CT molecular complexity index is 1860. The first-order valence-electron chi connectivity index (χ1n) is 23.4. The summed E-state index contributed by atoms with van der Waals surface area (Å²) in [6.45, 7) is 17.6. The van der Waals surface area contributed by atoms with Crippen molar-refractivity contribution in [1.29, 1.82) is 0 Å². The summed E-state index contributed by atoms with van der Waals surface area (Å²) >= 11 is 0. The van der Waals surface area contributed by atoms with Gasteiger partial charge >= 0.3 is 11.9 Å². The number of cyclic esters (lactones) is 1. The lowest BCUT2D eigenvalue weighted by molar-refractivity contribution is -0.376. The fourth-order valence-electron chi connectivity index (χ4n) is 13.9. The van der Waals surface area contributed by atoms with Crippen molar-refractivity contribution < 1.29 is 78.1 Å². The highest BCUT2D eigenvalue weighted by atomic mass is 16.8. The minimum Gasteiger partial charge on any atom is -0.462 e. The van der Waals surface area contributed by atoms with Crippen molar-refractivity contribution >= 4 is 11.9 Å². The van der Waals surface area contributed by atoms with Gasteiger partial charge in [-0.3, -0.25) is 9.59 Å². The van der Waals surface area contributed by atoms with Gasteiger partial charge in [0, 0.05) is 18.8 Å². The molecular formula is C48H72O16. The van der Waals surface area contributed by atoms with Gasteiger partial charge in [0.25, 0.3) is 0 Å². The predicted molar refractivity (Wildman–Crippen MR) is 226 cm³/mol. The van der Waals surface area contributed by atoms with Crippen molar-refractivity contribution in [3.63, 3.8) is 0 Å². The third-order valence-electron chi connectivity index (χ3n) is 17.0. The van der Waals surface area contributed by atoms with Crippen molar-refractivity contribution in [1.82, 2.24) is 0 Å². The van der Waals surface area contributed by atoms with E-state index in [0.29, 0.717) is 19.3 Å². The van der Waals surface area contributed by atoms with E-state index in [1.807, 2.05) is 39.0 Å². The molecule has 360 valence electrons. The molecule has 0 radical (unpaired) electrons. The first kappa shape index (κ1) is 48.1. The fourth-order valence-corrected chi connectivity index (χ4v) is 13.9. The lowest BCUT2D eigenvalue weighted by Gasteiger charge is -2.63. The van der Waals surface area contributed by atoms with Crippen LogP contribution < -0.4 is 0 Å². The maximum Gasteiger partial charge on any atom is 0.314 e. The zero-order chi connectivity index (χ0) is 46.5. The van der Waals surface area contributed by atoms with Crippen LogP contribution in [0.15, 0.2) is 35.5 Å². The molecule has 8 rings (SSSR count). The highest BCUT2D eigenvalue weighted by molar-refractivity contribution is 5.84. The zero-order valence-electron chi connectivity index (χ0n) is 38.8. The molecule has 4 aliphatic carbocycles. The Kier molecular flexibility index (Phi) is 13.0. The molecule has 21 atom stereocenters. The molecule has 0 aromatic heterocycles. The van der Waals surface area contributed by atoms with Crippen molar-refractivity contribution in [3.05, 3.63) is 35.5 Å². The van der Waals surface area contributed by atoms with Crippen LogP contribution in [0.1, 0.15) is 107 Å². The van der Waals surface area contributed by atoms with Crippen LogP contribution in [0.25, 0.3) is 0 Å². The van der Waals surface area contributed by atoms with Crippen LogP contribution in [-0.4, -0.2) is 147 Å². The number of aliphatic hydroxyl groups excluding tert-OH is 6. The number of carbonyl (C=O) groups is 2. The van der Waals surface area contributed by atoms with Gasteiger partial charge in [-0.2, -0.15) is 0 Å². The Morgan fingerprint density at radius 3 is 2.17 bits per heavy atom. The topological polar surface area (TPSA) is 229 Å². The van der Waals surface area contributed by atoms with Crippen LogP contribution in [0.4, 0.5) is 0 Å². The van der Waals surface area contributed by atoms with Gasteiger partial charge in [-0.25, -0.2) is 0 Å². The van der Waals surface area contributed by atoms with Crippen molar-refractivity contribution in [2.45, 2.75) is 199 Å². The number of rotatable bonds is 9. The molecule has 1 spiro atoms. The van der Waals surface area contributed by atoms with Crippen LogP contribution in [-0.2, 0) is 47.5 Å². The second-order valence-electron chi connectivity index (χ2n) is 21.7. The van der Waals surface area contributed by atoms with Crippen LogP contribution in [0.3, 0.4) is 0 Å². The van der Waals surface area contributed by atoms with E-state index < -0.39 is 102 Å². The third kappa shape index (κ3) is 7.76. The van der Waals surface area contributed by atoms with Gasteiger partial charge in [-0.1, -0.05) is 57.1 Å². The number of hydrogen-bond acceptors (Lipinski definition) is 16. The minimum absolute atomic E-state index is 0.129. The number of hydrogen-bond donors (Lipinski definition) is 6. The highest BCUT2D eigenvalue weighted by Gasteiger charge is 2.79. The van der Waals surface area contributed by atoms with E-state index in [0.717, 1.165) is 24.8 Å². The quantitative estimate of drug-likeness (QED) is 0.111. The van der Waals surface area contributed by atoms with Crippen LogP contribution in [0.5, 0.6) is 0 Å². The summed E-state index contributed by atoms with van der Waals surface area (Å²) in [6.07, 6.45) is -3.99. The summed E-state index contributed by atoms with van der Waals surface area (Å²) in [4.78, 5) is 27.2. The van der Waals surface area contributed by atoms with Gasteiger partial charge < -0.3 is 68.5 Å². The molecule has 0 aromatic rings. The summed E-state index contributed by atoms with van der Waals surface area (Å²) in [5, 5.41) is 64.3. The van der Waals surface area contributed by atoms with E-state index >= 15 is 0 Å². The molecule has 0 amide bonds. The number of allylic oxidation sites excluding steroid dienone is 5. The van der Waals surface area contributed by atoms with E-state index in [1.165, 1.54) is 12.5 Å². The van der Waals surface area contributed by atoms with E-state index in [-0.39, 0.29) is 60.8 Å². The maximum absolute atomic E-state index is 14.5. The van der Waals surface area contributed by atoms with Gasteiger partial charge in [-0.05, 0) is 95.0 Å². The van der Waals surface area contributed by atoms with Gasteiger partial charge in [0.15, 0.2) is 18.9 Å². The Balaban J connectivity index is 1.04. The lowest BCUT2D eigenvalue weighted by atomic mass is 9.41. The molecule has 6 N–H and O–H groups in total. The summed E-state index contributed by atoms with van der Waals surface area (Å²) in [6, 6.07) is 0. The Morgan fingerprint density at radius 2 is 1.48 bits per heavy atom. The second-order valence-corrected chi connectivity index (χ2v) is 21.7. The van der Waals surface area contributed by atoms with Gasteiger partial charge in [0.2, 0.25) is 0 Å². The first-order chi connectivity index (χ1) is 30.0. The SMILES string of the molecule is CC(=O)OC1CC2(C)C3=CCC4C(C)(C)C(OC5OCC(O)C(O)C5OC5OC(C)CC(O)C5OC5OCC(O)C(O)C5O)CCC4(C)C3CCC23C(=O)OC(C)(C=CC=C(C)C)C13. The minimum atomic E-state index is -1.64. The van der Waals surface area contributed by atoms with Crippen molar-refractivity contribution in [3.8, 4) is 0 Å². The molecule has 4 aliphatic heterocycles. The maximum atomic E-state index is 14.5. The number of ether oxygens (including phenoxy) is 8. The standard InChI is InChI=1S/C48H72O16/c1-23(2)11-10-16-47(9)39-31(60-25(4)49)20-46(8)27-12-13-32-44(5,6)33(15-17-45(32,7)26(27)14-18-48(39,46)43(56)64-47)61-41-38(35(54)30(52)22-58-41)63-42-37(28(50)19-24(3)59-42)62-40-36(55)34(53)29(51)21-57-40/h10-12,16,24,26,28-42,50-55H,13-15,17-22H2,1-9H3. The molecule has 21 unspecified atom stereocenters. The molecule has 8 aliphatic rings. The zero-order valence-corrected chi connectivity index (χ0v) is 38.8. The normalized spacial score (nSPS) is 51.0. The number of carbonyl (C=O) groups excluding carboxylic acids is 2. The first-order valence-corrected chi connectivity index (χ1v) is 23.4. The molecule has 64 heavy (non-hydrogen) atoms. The predicted octanol–water partition coefficient (Wildman–Crippen LogP) is 3.12. The van der Waals surface area contributed by atoms with Gasteiger partial charge in [-0.15, -0.1) is 0 Å². The summed E-state index contributed by atoms with van der Waals surface area (Å²) < 4.78 is 49.4. The average molecular weight is 905 g/mol. The average Bonchev–Trinajstić information content (AvgIpc) is 3.61. The molecule has 4 saturated heterocycles. The molecule has 0 bridgehead atoms. The van der Waals surface area contributed by atoms with E-state index in [4.69, 9.17) is 37.9 Å². The van der Waals surface area contributed by atoms with Crippen molar-refractivity contribution in [2.24, 2.45) is 39.4 Å².